The molecule has 0 amide bonds. The molecule has 0 heterocycles. The van der Waals surface area contributed by atoms with Gasteiger partial charge in [-0.15, -0.1) is 0 Å². The van der Waals surface area contributed by atoms with Crippen LogP contribution >= 0.6 is 0 Å². The SMILES string of the molecule is CN(C)c1cccc(C(N)CCC(C)(C)C)c1. The number of hydrogen-bond donors (Lipinski definition) is 1. The Labute approximate surface area is 106 Å². The van der Waals surface area contributed by atoms with Crippen molar-refractivity contribution in [3.63, 3.8) is 0 Å². The maximum absolute atomic E-state index is 6.25. The van der Waals surface area contributed by atoms with E-state index in [9.17, 15) is 0 Å². The van der Waals surface area contributed by atoms with Gasteiger partial charge in [-0.25, -0.2) is 0 Å². The summed E-state index contributed by atoms with van der Waals surface area (Å²) >= 11 is 0. The quantitative estimate of drug-likeness (QED) is 0.863. The predicted octanol–water partition coefficient (Wildman–Crippen LogP) is 3.58. The average Bonchev–Trinajstić information content (AvgIpc) is 2.25. The smallest absolute Gasteiger partial charge is 0.0364 e. The molecule has 0 aliphatic carbocycles. The lowest BCUT2D eigenvalue weighted by Gasteiger charge is -2.22. The highest BCUT2D eigenvalue weighted by atomic mass is 15.1. The highest BCUT2D eigenvalue weighted by molar-refractivity contribution is 5.47. The van der Waals surface area contributed by atoms with Crippen molar-refractivity contribution < 1.29 is 0 Å². The van der Waals surface area contributed by atoms with E-state index in [-0.39, 0.29) is 6.04 Å². The van der Waals surface area contributed by atoms with Crippen molar-refractivity contribution in [3.05, 3.63) is 29.8 Å². The molecule has 0 saturated heterocycles. The first kappa shape index (κ1) is 14.0. The zero-order valence-electron chi connectivity index (χ0n) is 11.8. The van der Waals surface area contributed by atoms with E-state index in [4.69, 9.17) is 5.73 Å². The van der Waals surface area contributed by atoms with Crippen LogP contribution in [0, 0.1) is 5.41 Å². The second-order valence-electron chi connectivity index (χ2n) is 6.20. The van der Waals surface area contributed by atoms with Crippen LogP contribution in [0.25, 0.3) is 0 Å². The highest BCUT2D eigenvalue weighted by Crippen LogP contribution is 2.27. The zero-order chi connectivity index (χ0) is 13.1. The summed E-state index contributed by atoms with van der Waals surface area (Å²) in [6, 6.07) is 8.66. The molecule has 0 saturated carbocycles. The third-order valence-corrected chi connectivity index (χ3v) is 3.02. The number of rotatable bonds is 4. The lowest BCUT2D eigenvalue weighted by molar-refractivity contribution is 0.350. The molecule has 17 heavy (non-hydrogen) atoms. The maximum Gasteiger partial charge on any atom is 0.0364 e. The molecule has 0 radical (unpaired) electrons. The molecule has 0 bridgehead atoms. The van der Waals surface area contributed by atoms with E-state index in [0.29, 0.717) is 5.41 Å². The molecular weight excluding hydrogens is 208 g/mol. The third kappa shape index (κ3) is 4.78. The van der Waals surface area contributed by atoms with Crippen LogP contribution in [-0.4, -0.2) is 14.1 Å². The number of nitrogens with two attached hydrogens (primary N) is 1. The first-order chi connectivity index (χ1) is 7.79. The molecule has 1 unspecified atom stereocenters. The van der Waals surface area contributed by atoms with Gasteiger partial charge in [-0.1, -0.05) is 32.9 Å². The summed E-state index contributed by atoms with van der Waals surface area (Å²) in [5.74, 6) is 0. The molecule has 1 aromatic rings. The Morgan fingerprint density at radius 1 is 1.24 bits per heavy atom. The molecule has 1 atom stereocenters. The van der Waals surface area contributed by atoms with Gasteiger partial charge < -0.3 is 10.6 Å². The first-order valence-corrected chi connectivity index (χ1v) is 6.32. The van der Waals surface area contributed by atoms with Gasteiger partial charge in [-0.05, 0) is 36.0 Å². The van der Waals surface area contributed by atoms with Gasteiger partial charge in [0.25, 0.3) is 0 Å². The fourth-order valence-corrected chi connectivity index (χ4v) is 1.79. The van der Waals surface area contributed by atoms with E-state index in [2.05, 4.69) is 64.0 Å². The summed E-state index contributed by atoms with van der Waals surface area (Å²) in [7, 11) is 4.11. The minimum Gasteiger partial charge on any atom is -0.378 e. The minimum atomic E-state index is 0.147. The van der Waals surface area contributed by atoms with Crippen LogP contribution < -0.4 is 10.6 Å². The van der Waals surface area contributed by atoms with Crippen molar-refractivity contribution in [2.24, 2.45) is 11.1 Å². The van der Waals surface area contributed by atoms with Crippen molar-refractivity contribution in [3.8, 4) is 0 Å². The van der Waals surface area contributed by atoms with E-state index >= 15 is 0 Å². The lowest BCUT2D eigenvalue weighted by atomic mass is 9.87. The second-order valence-corrected chi connectivity index (χ2v) is 6.20. The van der Waals surface area contributed by atoms with Gasteiger partial charge >= 0.3 is 0 Å². The molecule has 2 heteroatoms. The van der Waals surface area contributed by atoms with Crippen molar-refractivity contribution in [1.29, 1.82) is 0 Å². The van der Waals surface area contributed by atoms with Crippen molar-refractivity contribution >= 4 is 5.69 Å². The predicted molar refractivity (Wildman–Crippen MR) is 76.4 cm³/mol. The minimum absolute atomic E-state index is 0.147. The molecule has 0 aromatic heterocycles. The van der Waals surface area contributed by atoms with Crippen LogP contribution in [0.1, 0.15) is 45.2 Å². The van der Waals surface area contributed by atoms with Crippen molar-refractivity contribution in [1.82, 2.24) is 0 Å². The zero-order valence-corrected chi connectivity index (χ0v) is 11.8. The van der Waals surface area contributed by atoms with Crippen molar-refractivity contribution in [2.75, 3.05) is 19.0 Å². The number of hydrogen-bond acceptors (Lipinski definition) is 2. The third-order valence-electron chi connectivity index (χ3n) is 3.02. The number of anilines is 1. The fourth-order valence-electron chi connectivity index (χ4n) is 1.79. The average molecular weight is 234 g/mol. The fraction of sp³-hybridized carbons (Fsp3) is 0.600. The largest absolute Gasteiger partial charge is 0.378 e. The standard InChI is InChI=1S/C15H26N2/c1-15(2,3)10-9-14(16)12-7-6-8-13(11-12)17(4)5/h6-8,11,14H,9-10,16H2,1-5H3. The van der Waals surface area contributed by atoms with Gasteiger partial charge in [0.15, 0.2) is 0 Å². The Balaban J connectivity index is 2.69. The molecule has 2 nitrogen and oxygen atoms in total. The van der Waals surface area contributed by atoms with Gasteiger partial charge in [0.05, 0.1) is 0 Å². The van der Waals surface area contributed by atoms with Gasteiger partial charge in [-0.3, -0.25) is 0 Å². The van der Waals surface area contributed by atoms with Crippen LogP contribution in [0.5, 0.6) is 0 Å². The Morgan fingerprint density at radius 3 is 2.41 bits per heavy atom. The van der Waals surface area contributed by atoms with Crippen LogP contribution in [0.15, 0.2) is 24.3 Å². The summed E-state index contributed by atoms with van der Waals surface area (Å²) in [4.78, 5) is 2.11. The Morgan fingerprint density at radius 2 is 1.88 bits per heavy atom. The summed E-state index contributed by atoms with van der Waals surface area (Å²) in [6.07, 6.45) is 2.20. The lowest BCUT2D eigenvalue weighted by Crippen LogP contribution is -2.15. The van der Waals surface area contributed by atoms with Gasteiger partial charge in [0.2, 0.25) is 0 Å². The molecule has 2 N–H and O–H groups in total. The summed E-state index contributed by atoms with van der Waals surface area (Å²) < 4.78 is 0. The van der Waals surface area contributed by atoms with Crippen LogP contribution in [-0.2, 0) is 0 Å². The van der Waals surface area contributed by atoms with Crippen LogP contribution in [0.4, 0.5) is 5.69 Å². The van der Waals surface area contributed by atoms with Gasteiger partial charge in [0.1, 0.15) is 0 Å². The molecule has 0 aliphatic heterocycles. The van der Waals surface area contributed by atoms with Crippen LogP contribution in [0.3, 0.4) is 0 Å². The normalized spacial score (nSPS) is 13.5. The van der Waals surface area contributed by atoms with Crippen molar-refractivity contribution in [2.45, 2.75) is 39.7 Å². The number of nitrogens with zero attached hydrogens (tertiary/aromatic N) is 1. The monoisotopic (exact) mass is 234 g/mol. The number of benzene rings is 1. The molecule has 1 rings (SSSR count). The Hall–Kier alpha value is -1.02. The second kappa shape index (κ2) is 5.54. The van der Waals surface area contributed by atoms with Gasteiger partial charge in [-0.2, -0.15) is 0 Å². The molecule has 1 aromatic carbocycles. The van der Waals surface area contributed by atoms with E-state index in [1.165, 1.54) is 11.3 Å². The maximum atomic E-state index is 6.25. The first-order valence-electron chi connectivity index (χ1n) is 6.32. The van der Waals surface area contributed by atoms with E-state index in [1.807, 2.05) is 0 Å². The summed E-state index contributed by atoms with van der Waals surface area (Å²) in [6.45, 7) is 6.78. The van der Waals surface area contributed by atoms with E-state index < -0.39 is 0 Å². The van der Waals surface area contributed by atoms with Gasteiger partial charge in [0, 0.05) is 25.8 Å². The molecular formula is C15H26N2. The topological polar surface area (TPSA) is 29.3 Å². The molecule has 0 fully saturated rings. The van der Waals surface area contributed by atoms with E-state index in [0.717, 1.165) is 12.8 Å². The van der Waals surface area contributed by atoms with Crippen LogP contribution in [0.2, 0.25) is 0 Å². The highest BCUT2D eigenvalue weighted by Gasteiger charge is 2.14. The van der Waals surface area contributed by atoms with E-state index in [1.54, 1.807) is 0 Å². The molecule has 0 aliphatic rings. The Bertz CT molecular complexity index is 350. The molecule has 0 spiro atoms. The summed E-state index contributed by atoms with van der Waals surface area (Å²) in [5.41, 5.74) is 9.06. The Kier molecular flexibility index (Phi) is 4.58. The summed E-state index contributed by atoms with van der Waals surface area (Å²) in [5, 5.41) is 0. The molecule has 96 valence electrons.